The van der Waals surface area contributed by atoms with E-state index in [1.165, 1.54) is 17.6 Å². The molecule has 2 N–H and O–H groups in total. The molecule has 0 spiro atoms. The minimum absolute atomic E-state index is 0.272. The molecule has 5 aromatic rings. The number of hydrogen-bond donors (Lipinski definition) is 2. The molecule has 1 aliphatic heterocycles. The first kappa shape index (κ1) is 26.7. The van der Waals surface area contributed by atoms with Gasteiger partial charge in [0.15, 0.2) is 11.6 Å². The van der Waals surface area contributed by atoms with Gasteiger partial charge in [0.2, 0.25) is 0 Å². The maximum atomic E-state index is 14.2. The number of para-hydroxylation sites is 1. The number of nitrogens with zero attached hydrogens (tertiary/aromatic N) is 7. The Labute approximate surface area is 238 Å². The summed E-state index contributed by atoms with van der Waals surface area (Å²) >= 11 is 1.27. The van der Waals surface area contributed by atoms with Gasteiger partial charge in [-0.15, -0.1) is 5.10 Å². The lowest BCUT2D eigenvalue weighted by Crippen LogP contribution is -2.42. The van der Waals surface area contributed by atoms with Crippen LogP contribution in [0.4, 0.5) is 19.4 Å². The van der Waals surface area contributed by atoms with Crippen LogP contribution in [0.2, 0.25) is 0 Å². The zero-order chi connectivity index (χ0) is 28.5. The van der Waals surface area contributed by atoms with Crippen LogP contribution in [-0.4, -0.2) is 59.0 Å². The molecule has 0 radical (unpaired) electrons. The molecular formula is C28H27F2N9OS. The first-order valence-electron chi connectivity index (χ1n) is 13.0. The first-order chi connectivity index (χ1) is 19.9. The summed E-state index contributed by atoms with van der Waals surface area (Å²) in [5.41, 5.74) is 4.28. The molecule has 0 saturated carbocycles. The molecule has 1 aliphatic rings. The Morgan fingerprint density at radius 1 is 1.12 bits per heavy atom. The lowest BCUT2D eigenvalue weighted by Gasteiger charge is -2.21. The highest BCUT2D eigenvalue weighted by molar-refractivity contribution is 7.03. The molecule has 2 amide bonds. The average Bonchev–Trinajstić information content (AvgIpc) is 3.76. The number of rotatable bonds is 7. The van der Waals surface area contributed by atoms with Crippen molar-refractivity contribution < 1.29 is 13.6 Å². The van der Waals surface area contributed by atoms with Gasteiger partial charge in [-0.1, -0.05) is 28.8 Å². The molecule has 2 atom stereocenters. The standard InChI is InChI=1S/C28H27F2N9OS/c1-17-26(25-13-37(2)16-31-25)35-39(20-6-4-3-5-7-20)27(17)33-28(40)32-24-14-38(11-19-15-41-36-34-19)12-21(24)18-8-9-22(29)23(30)10-18/h3-10,13,15-16,21,24H,11-12,14H2,1-2H3,(H2,32,33,40)/t21-,24+/m0/s1. The number of urea groups is 1. The molecule has 13 heteroatoms. The molecule has 2 aromatic carbocycles. The number of benzene rings is 2. The molecule has 210 valence electrons. The number of anilines is 1. The molecule has 10 nitrogen and oxygen atoms in total. The lowest BCUT2D eigenvalue weighted by atomic mass is 9.94. The van der Waals surface area contributed by atoms with Gasteiger partial charge in [-0.3, -0.25) is 10.2 Å². The molecule has 41 heavy (non-hydrogen) atoms. The second kappa shape index (κ2) is 11.2. The summed E-state index contributed by atoms with van der Waals surface area (Å²) in [5, 5.41) is 16.8. The van der Waals surface area contributed by atoms with Crippen molar-refractivity contribution in [2.24, 2.45) is 7.05 Å². The van der Waals surface area contributed by atoms with E-state index >= 15 is 0 Å². The SMILES string of the molecule is Cc1c(-c2cn(C)cn2)nn(-c2ccccc2)c1NC(=O)N[C@@H]1CN(Cc2csnn2)C[C@H]1c1ccc(F)c(F)c1. The topological polar surface area (TPSA) is 106 Å². The zero-order valence-corrected chi connectivity index (χ0v) is 23.1. The van der Waals surface area contributed by atoms with Crippen molar-refractivity contribution in [3.05, 3.63) is 94.9 Å². The Bertz CT molecular complexity index is 1670. The number of aromatic nitrogens is 6. The summed E-state index contributed by atoms with van der Waals surface area (Å²) in [6, 6.07) is 12.6. The van der Waals surface area contributed by atoms with Crippen molar-refractivity contribution in [3.8, 4) is 17.1 Å². The molecule has 0 aliphatic carbocycles. The van der Waals surface area contributed by atoms with Gasteiger partial charge in [0.25, 0.3) is 0 Å². The lowest BCUT2D eigenvalue weighted by molar-refractivity contribution is 0.246. The normalized spacial score (nSPS) is 17.2. The predicted octanol–water partition coefficient (Wildman–Crippen LogP) is 4.50. The summed E-state index contributed by atoms with van der Waals surface area (Å²) in [4.78, 5) is 20.1. The van der Waals surface area contributed by atoms with Gasteiger partial charge < -0.3 is 9.88 Å². The number of aryl methyl sites for hydroxylation is 1. The number of carbonyl (C=O) groups excluding carboxylic acids is 1. The third-order valence-electron chi connectivity index (χ3n) is 7.18. The van der Waals surface area contributed by atoms with Crippen LogP contribution in [0.25, 0.3) is 17.1 Å². The van der Waals surface area contributed by atoms with Crippen molar-refractivity contribution in [3.63, 3.8) is 0 Å². The fraction of sp³-hybridized carbons (Fsp3) is 0.250. The number of carbonyl (C=O) groups is 1. The fourth-order valence-corrected chi connectivity index (χ4v) is 5.66. The molecule has 0 bridgehead atoms. The van der Waals surface area contributed by atoms with E-state index in [1.807, 2.05) is 60.4 Å². The van der Waals surface area contributed by atoms with E-state index in [0.717, 1.165) is 23.0 Å². The van der Waals surface area contributed by atoms with Crippen LogP contribution >= 0.6 is 11.5 Å². The maximum absolute atomic E-state index is 14.2. The molecule has 1 fully saturated rings. The van der Waals surface area contributed by atoms with Crippen LogP contribution in [0.15, 0.2) is 66.4 Å². The number of halogens is 2. The summed E-state index contributed by atoms with van der Waals surface area (Å²) in [7, 11) is 1.88. The predicted molar refractivity (Wildman–Crippen MR) is 151 cm³/mol. The number of likely N-dealkylation sites (tertiary alicyclic amines) is 1. The zero-order valence-electron chi connectivity index (χ0n) is 22.3. The highest BCUT2D eigenvalue weighted by Gasteiger charge is 2.36. The van der Waals surface area contributed by atoms with Gasteiger partial charge in [0.05, 0.1) is 23.8 Å². The number of nitrogens with one attached hydrogen (secondary N) is 2. The van der Waals surface area contributed by atoms with Gasteiger partial charge in [0, 0.05) is 49.7 Å². The van der Waals surface area contributed by atoms with Crippen LogP contribution in [0.5, 0.6) is 0 Å². The smallest absolute Gasteiger partial charge is 0.320 e. The summed E-state index contributed by atoms with van der Waals surface area (Å²) in [5.74, 6) is -1.60. The van der Waals surface area contributed by atoms with Crippen LogP contribution < -0.4 is 10.6 Å². The Balaban J connectivity index is 1.28. The number of imidazole rings is 1. The monoisotopic (exact) mass is 575 g/mol. The average molecular weight is 576 g/mol. The van der Waals surface area contributed by atoms with E-state index < -0.39 is 17.7 Å². The van der Waals surface area contributed by atoms with E-state index in [2.05, 4.69) is 30.1 Å². The molecular weight excluding hydrogens is 548 g/mol. The van der Waals surface area contributed by atoms with Crippen molar-refractivity contribution in [1.29, 1.82) is 0 Å². The summed E-state index contributed by atoms with van der Waals surface area (Å²) in [6.45, 7) is 3.43. The number of hydrogen-bond acceptors (Lipinski definition) is 7. The van der Waals surface area contributed by atoms with Gasteiger partial charge >= 0.3 is 6.03 Å². The van der Waals surface area contributed by atoms with Gasteiger partial charge in [-0.2, -0.15) is 5.10 Å². The molecule has 4 heterocycles. The van der Waals surface area contributed by atoms with Crippen molar-refractivity contribution in [2.75, 3.05) is 18.4 Å². The van der Waals surface area contributed by atoms with Crippen LogP contribution in [0.3, 0.4) is 0 Å². The Hall–Kier alpha value is -4.49. The quantitative estimate of drug-likeness (QED) is 0.296. The van der Waals surface area contributed by atoms with E-state index in [1.54, 1.807) is 17.1 Å². The maximum Gasteiger partial charge on any atom is 0.320 e. The Morgan fingerprint density at radius 2 is 1.95 bits per heavy atom. The van der Waals surface area contributed by atoms with Crippen LogP contribution in [0, 0.1) is 18.6 Å². The second-order valence-electron chi connectivity index (χ2n) is 10.1. The summed E-state index contributed by atoms with van der Waals surface area (Å²) < 4.78 is 35.3. The molecule has 6 rings (SSSR count). The first-order valence-corrected chi connectivity index (χ1v) is 13.8. The van der Waals surface area contributed by atoms with Crippen molar-refractivity contribution in [2.45, 2.75) is 25.4 Å². The largest absolute Gasteiger partial charge is 0.340 e. The van der Waals surface area contributed by atoms with Crippen molar-refractivity contribution >= 4 is 23.4 Å². The minimum atomic E-state index is -0.919. The number of amides is 2. The van der Waals surface area contributed by atoms with E-state index in [-0.39, 0.29) is 12.0 Å². The van der Waals surface area contributed by atoms with Crippen LogP contribution in [-0.2, 0) is 13.6 Å². The van der Waals surface area contributed by atoms with E-state index in [9.17, 15) is 13.6 Å². The van der Waals surface area contributed by atoms with Gasteiger partial charge in [-0.05, 0) is 48.3 Å². The highest BCUT2D eigenvalue weighted by Crippen LogP contribution is 2.32. The van der Waals surface area contributed by atoms with Crippen LogP contribution in [0.1, 0.15) is 22.7 Å². The third kappa shape index (κ3) is 5.58. The fourth-order valence-electron chi connectivity index (χ4n) is 5.21. The third-order valence-corrected chi connectivity index (χ3v) is 7.73. The Morgan fingerprint density at radius 3 is 2.66 bits per heavy atom. The highest BCUT2D eigenvalue weighted by atomic mass is 32.1. The Kier molecular flexibility index (Phi) is 7.28. The minimum Gasteiger partial charge on any atom is -0.340 e. The molecule has 0 unspecified atom stereocenters. The molecule has 3 aromatic heterocycles. The van der Waals surface area contributed by atoms with Gasteiger partial charge in [0.1, 0.15) is 17.2 Å². The summed E-state index contributed by atoms with van der Waals surface area (Å²) in [6.07, 6.45) is 3.56. The second-order valence-corrected chi connectivity index (χ2v) is 10.7. The van der Waals surface area contributed by atoms with E-state index in [0.29, 0.717) is 42.4 Å². The van der Waals surface area contributed by atoms with Crippen molar-refractivity contribution in [1.82, 2.24) is 39.1 Å². The van der Waals surface area contributed by atoms with Gasteiger partial charge in [-0.25, -0.2) is 23.2 Å². The molecule has 1 saturated heterocycles. The van der Waals surface area contributed by atoms with E-state index in [4.69, 9.17) is 5.10 Å².